The average molecular weight is 265 g/mol. The van der Waals surface area contributed by atoms with E-state index in [1.54, 1.807) is 0 Å². The first kappa shape index (κ1) is 88.2. The van der Waals surface area contributed by atoms with E-state index in [0.717, 1.165) is 0 Å². The molecular weight excluding hydrogens is 251 g/mol. The number of hydrogen-bond donors (Lipinski definition) is 2. The van der Waals surface area contributed by atoms with Gasteiger partial charge in [-0.1, -0.05) is 0 Å². The Hall–Kier alpha value is 0.124. The molecule has 0 aromatic rings. The zero-order valence-electron chi connectivity index (χ0n) is 5.44. The summed E-state index contributed by atoms with van der Waals surface area (Å²) in [4.78, 5) is 0. The zero-order chi connectivity index (χ0) is 4.50. The molecule has 0 rings (SSSR count). The summed E-state index contributed by atoms with van der Waals surface area (Å²) in [7, 11) is -4.67. The van der Waals surface area contributed by atoms with E-state index < -0.39 is 10.4 Å². The van der Waals surface area contributed by atoms with Crippen molar-refractivity contribution in [2.75, 3.05) is 0 Å². The van der Waals surface area contributed by atoms with Crippen molar-refractivity contribution in [1.29, 1.82) is 0 Å². The molecule has 0 heterocycles. The van der Waals surface area contributed by atoms with E-state index >= 15 is 0 Å². The van der Waals surface area contributed by atoms with E-state index in [4.69, 9.17) is 17.5 Å². The molecule has 0 aromatic carbocycles. The molecule has 90 valence electrons. The fourth-order valence-electron chi connectivity index (χ4n) is 0. The predicted octanol–water partition coefficient (Wildman–Crippen LogP) is -5.60. The first-order valence-electron chi connectivity index (χ1n) is 0.698. The van der Waals surface area contributed by atoms with Crippen molar-refractivity contribution in [1.82, 2.24) is 0 Å². The third-order valence-electron chi connectivity index (χ3n) is 0. The molecule has 0 aliphatic carbocycles. The van der Waals surface area contributed by atoms with Gasteiger partial charge in [-0.15, -0.1) is 0 Å². The summed E-state index contributed by atoms with van der Waals surface area (Å²) >= 11 is 0. The van der Waals surface area contributed by atoms with Crippen LogP contribution in [0.5, 0.6) is 0 Å². The van der Waals surface area contributed by atoms with E-state index in [2.05, 4.69) is 0 Å². The fourth-order valence-corrected chi connectivity index (χ4v) is 0. The van der Waals surface area contributed by atoms with Gasteiger partial charge in [-0.2, -0.15) is 8.42 Å². The smallest absolute Gasteiger partial charge is 0.394 e. The van der Waals surface area contributed by atoms with Gasteiger partial charge in [0.15, 0.2) is 0 Å². The Morgan fingerprint density at radius 3 is 0.667 bits per heavy atom. The topological polar surface area (TPSA) is 264 Å². The monoisotopic (exact) mass is 264 g/mol. The first-order chi connectivity index (χ1) is 2.00. The second-order valence-electron chi connectivity index (χ2n) is 0.448. The Kier molecular flexibility index (Phi) is 224. The Morgan fingerprint density at radius 2 is 0.667 bits per heavy atom. The van der Waals surface area contributed by atoms with Gasteiger partial charge in [-0.25, -0.2) is 0 Å². The van der Waals surface area contributed by atoms with Crippen LogP contribution in [0.3, 0.4) is 0 Å². The van der Waals surface area contributed by atoms with Crippen molar-refractivity contribution < 1.29 is 66.9 Å². The summed E-state index contributed by atoms with van der Waals surface area (Å²) in [6.07, 6.45) is 0. The van der Waals surface area contributed by atoms with Crippen molar-refractivity contribution in [2.45, 2.75) is 0 Å². The molecule has 0 saturated carbocycles. The van der Waals surface area contributed by atoms with Gasteiger partial charge in [0.2, 0.25) is 0 Å². The van der Waals surface area contributed by atoms with Crippen LogP contribution < -0.4 is 0 Å². The Balaban J connectivity index is -0.00000000381. The van der Waals surface area contributed by atoms with Gasteiger partial charge in [0, 0.05) is 16.5 Å². The molecule has 0 aliphatic heterocycles. The Bertz CT molecular complexity index is 93.0. The van der Waals surface area contributed by atoms with Crippen LogP contribution >= 0.6 is 0 Å². The van der Waals surface area contributed by atoms with E-state index in [9.17, 15) is 0 Å². The van der Waals surface area contributed by atoms with Gasteiger partial charge < -0.3 is 32.9 Å². The van der Waals surface area contributed by atoms with Crippen LogP contribution in [0.15, 0.2) is 0 Å². The van der Waals surface area contributed by atoms with E-state index in [-0.39, 0.29) is 49.3 Å². The van der Waals surface area contributed by atoms with E-state index in [1.165, 1.54) is 0 Å². The molecule has 0 saturated heterocycles. The van der Waals surface area contributed by atoms with Gasteiger partial charge in [0.1, 0.15) is 0 Å². The van der Waals surface area contributed by atoms with Crippen molar-refractivity contribution in [3.05, 3.63) is 0 Å². The van der Waals surface area contributed by atoms with Gasteiger partial charge in [-0.3, -0.25) is 9.11 Å². The van der Waals surface area contributed by atoms with Crippen molar-refractivity contribution >= 4 is 10.4 Å². The summed E-state index contributed by atoms with van der Waals surface area (Å²) < 4.78 is 31.6. The molecule has 12 heavy (non-hydrogen) atoms. The van der Waals surface area contributed by atoms with Gasteiger partial charge in [0.05, 0.1) is 0 Å². The molecule has 12 heteroatoms. The van der Waals surface area contributed by atoms with Gasteiger partial charge in [-0.05, 0) is 0 Å². The molecule has 14 N–H and O–H groups in total. The van der Waals surface area contributed by atoms with Crippen LogP contribution in [-0.4, -0.2) is 50.4 Å². The van der Waals surface area contributed by atoms with E-state index in [0.29, 0.717) is 0 Å². The SMILES string of the molecule is O.O.O.O.O.O.O=S(=O)(O)O.[Ni]. The van der Waals surface area contributed by atoms with Crippen molar-refractivity contribution in [2.24, 2.45) is 0 Å². The normalized spacial score (nSPS) is 4.83. The Morgan fingerprint density at radius 1 is 0.667 bits per heavy atom. The quantitative estimate of drug-likeness (QED) is 0.320. The molecule has 0 fully saturated rings. The largest absolute Gasteiger partial charge is 0.412 e. The standard InChI is InChI=1S/Ni.H2O4S.6H2O/c;1-5(2,3)4;;;;;;/h;(H2,1,2,3,4);6*1H2. The third kappa shape index (κ3) is 55200. The second-order valence-corrected chi connectivity index (χ2v) is 1.34. The van der Waals surface area contributed by atoms with E-state index in [1.807, 2.05) is 0 Å². The third-order valence-corrected chi connectivity index (χ3v) is 0. The van der Waals surface area contributed by atoms with Crippen molar-refractivity contribution in [3.63, 3.8) is 0 Å². The molecule has 0 radical (unpaired) electrons. The molecule has 0 atom stereocenters. The molecule has 0 aromatic heterocycles. The Labute approximate surface area is 77.9 Å². The van der Waals surface area contributed by atoms with Gasteiger partial charge in [0.25, 0.3) is 0 Å². The molecule has 0 aliphatic rings. The van der Waals surface area contributed by atoms with Crippen LogP contribution in [0, 0.1) is 0 Å². The first-order valence-corrected chi connectivity index (χ1v) is 2.10. The van der Waals surface area contributed by atoms with Crippen molar-refractivity contribution in [3.8, 4) is 0 Å². The van der Waals surface area contributed by atoms with Crippen LogP contribution in [-0.2, 0) is 26.9 Å². The predicted molar refractivity (Wildman–Crippen MR) is 35.9 cm³/mol. The van der Waals surface area contributed by atoms with Crippen LogP contribution in [0.4, 0.5) is 0 Å². The minimum Gasteiger partial charge on any atom is -0.412 e. The summed E-state index contributed by atoms with van der Waals surface area (Å²) in [6.45, 7) is 0. The average Bonchev–Trinajstić information content (AvgIpc) is 0.722. The molecular formula is H14NiO10S. The maximum absolute atomic E-state index is 8.74. The molecule has 0 bridgehead atoms. The summed E-state index contributed by atoms with van der Waals surface area (Å²) in [5, 5.41) is 0. The fraction of sp³-hybridized carbons (Fsp3) is 0. The maximum atomic E-state index is 8.74. The molecule has 10 nitrogen and oxygen atoms in total. The molecule has 0 unspecified atom stereocenters. The van der Waals surface area contributed by atoms with Gasteiger partial charge >= 0.3 is 10.4 Å². The minimum atomic E-state index is -4.67. The molecule has 0 amide bonds. The minimum absolute atomic E-state index is 0. The maximum Gasteiger partial charge on any atom is 0.394 e. The number of rotatable bonds is 0. The summed E-state index contributed by atoms with van der Waals surface area (Å²) in [5.41, 5.74) is 0. The summed E-state index contributed by atoms with van der Waals surface area (Å²) in [6, 6.07) is 0. The molecule has 0 spiro atoms. The summed E-state index contributed by atoms with van der Waals surface area (Å²) in [5.74, 6) is 0. The van der Waals surface area contributed by atoms with Crippen LogP contribution in [0.25, 0.3) is 0 Å². The second kappa shape index (κ2) is 30.4. The van der Waals surface area contributed by atoms with Crippen LogP contribution in [0.2, 0.25) is 0 Å². The zero-order valence-corrected chi connectivity index (χ0v) is 7.24. The van der Waals surface area contributed by atoms with Crippen LogP contribution in [0.1, 0.15) is 0 Å². The number of hydrogen-bond acceptors (Lipinski definition) is 2.